The highest BCUT2D eigenvalue weighted by molar-refractivity contribution is 5.26. The second-order valence-electron chi connectivity index (χ2n) is 5.96. The van der Waals surface area contributed by atoms with Crippen molar-refractivity contribution in [2.45, 2.75) is 52.6 Å². The molecule has 1 aromatic carbocycles. The van der Waals surface area contributed by atoms with E-state index < -0.39 is 0 Å². The van der Waals surface area contributed by atoms with Crippen LogP contribution in [0.1, 0.15) is 50.7 Å². The van der Waals surface area contributed by atoms with E-state index in [2.05, 4.69) is 43.0 Å². The maximum Gasteiger partial charge on any atom is 0.0236 e. The van der Waals surface area contributed by atoms with E-state index in [0.29, 0.717) is 12.0 Å². The van der Waals surface area contributed by atoms with Gasteiger partial charge in [0.1, 0.15) is 0 Å². The van der Waals surface area contributed by atoms with E-state index in [9.17, 15) is 0 Å². The van der Waals surface area contributed by atoms with Gasteiger partial charge in [0, 0.05) is 13.1 Å². The highest BCUT2D eigenvalue weighted by atomic mass is 15.1. The van der Waals surface area contributed by atoms with Crippen molar-refractivity contribution in [2.24, 2.45) is 11.1 Å². The fraction of sp³-hybridized carbons (Fsp3) is 0.647. The molecule has 2 heteroatoms. The topological polar surface area (TPSA) is 29.3 Å². The third-order valence-electron chi connectivity index (χ3n) is 5.15. The van der Waals surface area contributed by atoms with Gasteiger partial charge in [0.25, 0.3) is 0 Å². The number of hydrogen-bond acceptors (Lipinski definition) is 2. The van der Waals surface area contributed by atoms with Gasteiger partial charge in [0.15, 0.2) is 0 Å². The van der Waals surface area contributed by atoms with E-state index in [0.717, 1.165) is 6.54 Å². The van der Waals surface area contributed by atoms with Gasteiger partial charge in [-0.1, -0.05) is 51.0 Å². The molecule has 0 aromatic heterocycles. The lowest BCUT2D eigenvalue weighted by atomic mass is 9.74. The third kappa shape index (κ3) is 3.37. The van der Waals surface area contributed by atoms with E-state index in [1.54, 1.807) is 0 Å². The summed E-state index contributed by atoms with van der Waals surface area (Å²) in [5.74, 6) is 0. The van der Waals surface area contributed by atoms with E-state index in [1.165, 1.54) is 49.9 Å². The number of rotatable bonds is 5. The molecule has 0 radical (unpaired) electrons. The highest BCUT2D eigenvalue weighted by Gasteiger charge is 2.31. The van der Waals surface area contributed by atoms with E-state index in [1.807, 2.05) is 0 Å². The first-order valence-corrected chi connectivity index (χ1v) is 7.72. The van der Waals surface area contributed by atoms with Crippen LogP contribution in [0, 0.1) is 5.41 Å². The van der Waals surface area contributed by atoms with Crippen LogP contribution in [0.4, 0.5) is 0 Å². The summed E-state index contributed by atoms with van der Waals surface area (Å²) >= 11 is 0. The van der Waals surface area contributed by atoms with Gasteiger partial charge in [-0.2, -0.15) is 0 Å². The molecule has 0 saturated carbocycles. The zero-order valence-electron chi connectivity index (χ0n) is 12.5. The van der Waals surface area contributed by atoms with Crippen molar-refractivity contribution in [3.63, 3.8) is 0 Å². The molecule has 19 heavy (non-hydrogen) atoms. The molecule has 2 rings (SSSR count). The van der Waals surface area contributed by atoms with E-state index in [-0.39, 0.29) is 0 Å². The molecule has 2 N–H and O–H groups in total. The maximum absolute atomic E-state index is 5.82. The molecule has 0 aliphatic carbocycles. The first-order valence-electron chi connectivity index (χ1n) is 7.72. The first-order chi connectivity index (χ1) is 9.23. The Bertz CT molecular complexity index is 386. The van der Waals surface area contributed by atoms with Crippen molar-refractivity contribution < 1.29 is 0 Å². The van der Waals surface area contributed by atoms with Crippen LogP contribution in [-0.4, -0.2) is 18.0 Å². The van der Waals surface area contributed by atoms with Crippen LogP contribution in [0.15, 0.2) is 24.3 Å². The lowest BCUT2D eigenvalue weighted by molar-refractivity contribution is 0.0907. The molecule has 2 nitrogen and oxygen atoms in total. The summed E-state index contributed by atoms with van der Waals surface area (Å²) in [5, 5.41) is 0. The van der Waals surface area contributed by atoms with Gasteiger partial charge in [-0.25, -0.2) is 0 Å². The Morgan fingerprint density at radius 2 is 1.63 bits per heavy atom. The Kier molecular flexibility index (Phi) is 5.00. The summed E-state index contributed by atoms with van der Waals surface area (Å²) < 4.78 is 0. The maximum atomic E-state index is 5.82. The number of likely N-dealkylation sites (tertiary alicyclic amines) is 1. The zero-order valence-corrected chi connectivity index (χ0v) is 12.5. The van der Waals surface area contributed by atoms with Crippen molar-refractivity contribution >= 4 is 0 Å². The van der Waals surface area contributed by atoms with Crippen molar-refractivity contribution in [3.8, 4) is 0 Å². The second-order valence-corrected chi connectivity index (χ2v) is 5.96. The molecule has 0 atom stereocenters. The first kappa shape index (κ1) is 14.5. The molecule has 0 bridgehead atoms. The Hall–Kier alpha value is -0.860. The molecule has 0 spiro atoms. The van der Waals surface area contributed by atoms with E-state index >= 15 is 0 Å². The van der Waals surface area contributed by atoms with Crippen LogP contribution in [0.2, 0.25) is 0 Å². The number of piperidine rings is 1. The molecule has 106 valence electrons. The predicted molar refractivity (Wildman–Crippen MR) is 81.9 cm³/mol. The average molecular weight is 260 g/mol. The van der Waals surface area contributed by atoms with Gasteiger partial charge in [0.2, 0.25) is 0 Å². The lowest BCUT2D eigenvalue weighted by Crippen LogP contribution is -2.39. The van der Waals surface area contributed by atoms with Crippen LogP contribution in [0.5, 0.6) is 0 Å². The van der Waals surface area contributed by atoms with Crippen molar-refractivity contribution in [1.82, 2.24) is 4.90 Å². The van der Waals surface area contributed by atoms with Gasteiger partial charge in [-0.15, -0.1) is 0 Å². The molecular formula is C17H28N2. The second kappa shape index (κ2) is 6.53. The molecular weight excluding hydrogens is 232 g/mol. The van der Waals surface area contributed by atoms with Crippen molar-refractivity contribution in [3.05, 3.63) is 35.4 Å². The minimum absolute atomic E-state index is 0.615. The van der Waals surface area contributed by atoms with E-state index in [4.69, 9.17) is 5.73 Å². The fourth-order valence-electron chi connectivity index (χ4n) is 3.29. The third-order valence-corrected chi connectivity index (χ3v) is 5.15. The standard InChI is InChI=1S/C17H28N2/c1-3-17(4-2)9-11-19(12-10-17)14-16-8-6-5-7-15(16)13-18/h5-8H,3-4,9-14,18H2,1-2H3. The quantitative estimate of drug-likeness (QED) is 0.877. The molecule has 0 amide bonds. The SMILES string of the molecule is CCC1(CC)CCN(Cc2ccccc2CN)CC1. The Morgan fingerprint density at radius 1 is 1.05 bits per heavy atom. The molecule has 0 unspecified atom stereocenters. The fourth-order valence-corrected chi connectivity index (χ4v) is 3.29. The number of benzene rings is 1. The number of hydrogen-bond donors (Lipinski definition) is 1. The summed E-state index contributed by atoms with van der Waals surface area (Å²) in [6.45, 7) is 8.89. The summed E-state index contributed by atoms with van der Waals surface area (Å²) in [4.78, 5) is 2.60. The molecule has 1 fully saturated rings. The Labute approximate surface area is 118 Å². The monoisotopic (exact) mass is 260 g/mol. The highest BCUT2D eigenvalue weighted by Crippen LogP contribution is 2.38. The number of nitrogens with zero attached hydrogens (tertiary/aromatic N) is 1. The smallest absolute Gasteiger partial charge is 0.0236 e. The zero-order chi connectivity index (χ0) is 13.7. The Balaban J connectivity index is 1.95. The van der Waals surface area contributed by atoms with Gasteiger partial charge < -0.3 is 5.73 Å². The summed E-state index contributed by atoms with van der Waals surface area (Å²) in [6, 6.07) is 8.59. The van der Waals surface area contributed by atoms with Gasteiger partial charge >= 0.3 is 0 Å². The molecule has 1 saturated heterocycles. The van der Waals surface area contributed by atoms with Gasteiger partial charge in [-0.3, -0.25) is 4.90 Å². The van der Waals surface area contributed by atoms with Crippen molar-refractivity contribution in [1.29, 1.82) is 0 Å². The molecule has 1 aromatic rings. The lowest BCUT2D eigenvalue weighted by Gasteiger charge is -2.41. The van der Waals surface area contributed by atoms with Crippen molar-refractivity contribution in [2.75, 3.05) is 13.1 Å². The molecule has 1 heterocycles. The van der Waals surface area contributed by atoms with Crippen LogP contribution < -0.4 is 5.73 Å². The van der Waals surface area contributed by atoms with Gasteiger partial charge in [-0.05, 0) is 42.5 Å². The minimum atomic E-state index is 0.615. The van der Waals surface area contributed by atoms with Gasteiger partial charge in [0.05, 0.1) is 0 Å². The normalized spacial score (nSPS) is 19.5. The molecule has 1 aliphatic heterocycles. The largest absolute Gasteiger partial charge is 0.326 e. The average Bonchev–Trinajstić information content (AvgIpc) is 2.49. The number of nitrogens with two attached hydrogens (primary N) is 1. The van der Waals surface area contributed by atoms with Crippen LogP contribution in [-0.2, 0) is 13.1 Å². The summed E-state index contributed by atoms with van der Waals surface area (Å²) in [7, 11) is 0. The Morgan fingerprint density at radius 3 is 2.16 bits per heavy atom. The van der Waals surface area contributed by atoms with Crippen LogP contribution in [0.3, 0.4) is 0 Å². The molecule has 1 aliphatic rings. The summed E-state index contributed by atoms with van der Waals surface area (Å²) in [6.07, 6.45) is 5.36. The predicted octanol–water partition coefficient (Wildman–Crippen LogP) is 3.55. The van der Waals surface area contributed by atoms with Crippen LogP contribution >= 0.6 is 0 Å². The summed E-state index contributed by atoms with van der Waals surface area (Å²) in [5.41, 5.74) is 9.14. The minimum Gasteiger partial charge on any atom is -0.326 e. The van der Waals surface area contributed by atoms with Crippen LogP contribution in [0.25, 0.3) is 0 Å².